The highest BCUT2D eigenvalue weighted by molar-refractivity contribution is 7.88. The van der Waals surface area contributed by atoms with E-state index in [2.05, 4.69) is 15.0 Å². The van der Waals surface area contributed by atoms with Crippen LogP contribution < -0.4 is 10.0 Å². The third-order valence-corrected chi connectivity index (χ3v) is 6.38. The maximum absolute atomic E-state index is 14.5. The minimum Gasteiger partial charge on any atom is -0.351 e. The zero-order valence-corrected chi connectivity index (χ0v) is 21.5. The van der Waals surface area contributed by atoms with Crippen molar-refractivity contribution < 1.29 is 30.8 Å². The second kappa shape index (κ2) is 11.0. The van der Waals surface area contributed by atoms with Crippen molar-refractivity contribution in [2.75, 3.05) is 6.26 Å². The van der Waals surface area contributed by atoms with Gasteiger partial charge in [0.15, 0.2) is 0 Å². The molecule has 37 heavy (non-hydrogen) atoms. The van der Waals surface area contributed by atoms with E-state index in [9.17, 15) is 30.8 Å². The van der Waals surface area contributed by atoms with Crippen molar-refractivity contribution in [1.29, 1.82) is 0 Å². The molecule has 6 nitrogen and oxygen atoms in total. The molecule has 3 aromatic rings. The average molecular weight is 538 g/mol. The first-order valence-corrected chi connectivity index (χ1v) is 13.2. The number of aryl methyl sites for hydroxylation is 2. The molecule has 0 aliphatic rings. The molecule has 1 heterocycles. The molecule has 0 aliphatic carbocycles. The molecule has 1 atom stereocenters. The molecule has 3 rings (SSSR count). The SMILES string of the molecule is Cc1cc(C)cc(-c2nc(C(F)(F)F)ccc2CNC(=O)C(C)c2ccc(CNS(C)(=O)=O)c(F)c2)c1. The minimum atomic E-state index is -4.63. The lowest BCUT2D eigenvalue weighted by Crippen LogP contribution is -2.28. The van der Waals surface area contributed by atoms with Crippen LogP contribution in [0.1, 0.15) is 46.4 Å². The van der Waals surface area contributed by atoms with E-state index in [0.717, 1.165) is 29.5 Å². The Morgan fingerprint density at radius 1 is 0.973 bits per heavy atom. The van der Waals surface area contributed by atoms with E-state index in [1.807, 2.05) is 19.9 Å². The molecule has 198 valence electrons. The number of amides is 1. The number of halogens is 4. The van der Waals surface area contributed by atoms with Gasteiger partial charge in [-0.1, -0.05) is 35.4 Å². The standard InChI is InChI=1S/C26H27F4N3O3S/c1-15-9-16(2)11-21(10-15)24-20(7-8-23(33-24)26(28,29)30)13-31-25(34)17(3)18-5-6-19(22(27)12-18)14-32-37(4,35)36/h5-12,17,32H,13-14H2,1-4H3,(H,31,34). The van der Waals surface area contributed by atoms with Crippen LogP contribution in [0.15, 0.2) is 48.5 Å². The van der Waals surface area contributed by atoms with Gasteiger partial charge in [0, 0.05) is 24.2 Å². The number of pyridine rings is 1. The highest BCUT2D eigenvalue weighted by Gasteiger charge is 2.33. The van der Waals surface area contributed by atoms with Crippen LogP contribution in [-0.2, 0) is 34.1 Å². The Labute approximate surface area is 213 Å². The largest absolute Gasteiger partial charge is 0.433 e. The Morgan fingerprint density at radius 3 is 2.16 bits per heavy atom. The van der Waals surface area contributed by atoms with Crippen LogP contribution in [0.3, 0.4) is 0 Å². The number of benzene rings is 2. The first-order chi connectivity index (χ1) is 17.1. The van der Waals surface area contributed by atoms with Crippen LogP contribution in [0.5, 0.6) is 0 Å². The summed E-state index contributed by atoms with van der Waals surface area (Å²) < 4.78 is 79.2. The highest BCUT2D eigenvalue weighted by Crippen LogP contribution is 2.32. The predicted molar refractivity (Wildman–Crippen MR) is 132 cm³/mol. The van der Waals surface area contributed by atoms with Crippen molar-refractivity contribution in [3.63, 3.8) is 0 Å². The van der Waals surface area contributed by atoms with Crippen LogP contribution in [0.4, 0.5) is 17.6 Å². The molecular formula is C26H27F4N3O3S. The Balaban J connectivity index is 1.81. The zero-order chi connectivity index (χ0) is 27.5. The summed E-state index contributed by atoms with van der Waals surface area (Å²) in [6.45, 7) is 4.90. The van der Waals surface area contributed by atoms with Crippen molar-refractivity contribution in [3.05, 3.63) is 87.9 Å². The maximum atomic E-state index is 14.5. The third kappa shape index (κ3) is 7.59. The number of aromatic nitrogens is 1. The Bertz CT molecular complexity index is 1400. The van der Waals surface area contributed by atoms with Gasteiger partial charge in [-0.3, -0.25) is 4.79 Å². The van der Waals surface area contributed by atoms with Crippen LogP contribution in [0, 0.1) is 19.7 Å². The summed E-state index contributed by atoms with van der Waals surface area (Å²) in [4.78, 5) is 16.7. The smallest absolute Gasteiger partial charge is 0.351 e. The normalized spacial score (nSPS) is 12.9. The lowest BCUT2D eigenvalue weighted by Gasteiger charge is -2.17. The van der Waals surface area contributed by atoms with Gasteiger partial charge in [0.05, 0.1) is 17.9 Å². The molecule has 2 N–H and O–H groups in total. The van der Waals surface area contributed by atoms with Crippen LogP contribution in [-0.4, -0.2) is 25.6 Å². The fourth-order valence-corrected chi connectivity index (χ4v) is 4.24. The molecule has 0 saturated heterocycles. The van der Waals surface area contributed by atoms with E-state index in [1.165, 1.54) is 18.2 Å². The molecule has 1 aromatic heterocycles. The summed E-state index contributed by atoms with van der Waals surface area (Å²) in [5.41, 5.74) is 2.17. The Kier molecular flexibility index (Phi) is 8.38. The second-order valence-corrected chi connectivity index (χ2v) is 10.8. The van der Waals surface area contributed by atoms with Crippen molar-refractivity contribution in [2.45, 2.75) is 46.0 Å². The van der Waals surface area contributed by atoms with Gasteiger partial charge < -0.3 is 5.32 Å². The van der Waals surface area contributed by atoms with Crippen molar-refractivity contribution in [1.82, 2.24) is 15.0 Å². The van der Waals surface area contributed by atoms with E-state index in [0.29, 0.717) is 16.7 Å². The summed E-state index contributed by atoms with van der Waals surface area (Å²) in [6.07, 6.45) is -3.67. The fourth-order valence-electron chi connectivity index (χ4n) is 3.82. The summed E-state index contributed by atoms with van der Waals surface area (Å²) in [6, 6.07) is 11.6. The van der Waals surface area contributed by atoms with E-state index < -0.39 is 39.5 Å². The van der Waals surface area contributed by atoms with Gasteiger partial charge in [0.25, 0.3) is 0 Å². The van der Waals surface area contributed by atoms with Gasteiger partial charge in [-0.25, -0.2) is 22.5 Å². The molecule has 1 unspecified atom stereocenters. The molecule has 11 heteroatoms. The number of nitrogens with zero attached hydrogens (tertiary/aromatic N) is 1. The summed E-state index contributed by atoms with van der Waals surface area (Å²) >= 11 is 0. The van der Waals surface area contributed by atoms with Gasteiger partial charge >= 0.3 is 6.18 Å². The van der Waals surface area contributed by atoms with Gasteiger partial charge in [-0.05, 0) is 56.2 Å². The van der Waals surface area contributed by atoms with Crippen LogP contribution in [0.2, 0.25) is 0 Å². The second-order valence-electron chi connectivity index (χ2n) is 8.96. The molecule has 0 bridgehead atoms. The number of nitrogens with one attached hydrogen (secondary N) is 2. The van der Waals surface area contributed by atoms with Crippen LogP contribution in [0.25, 0.3) is 11.3 Å². The summed E-state index contributed by atoms with van der Waals surface area (Å²) in [5.74, 6) is -1.91. The molecule has 0 spiro atoms. The Morgan fingerprint density at radius 2 is 1.59 bits per heavy atom. The number of hydrogen-bond acceptors (Lipinski definition) is 4. The predicted octanol–water partition coefficient (Wildman–Crippen LogP) is 4.99. The number of rotatable bonds is 8. The number of carbonyl (C=O) groups excluding carboxylic acids is 1. The summed E-state index contributed by atoms with van der Waals surface area (Å²) in [5, 5.41) is 2.70. The van der Waals surface area contributed by atoms with Gasteiger partial charge in [-0.2, -0.15) is 13.2 Å². The lowest BCUT2D eigenvalue weighted by molar-refractivity contribution is -0.141. The molecule has 0 radical (unpaired) electrons. The quantitative estimate of drug-likeness (QED) is 0.396. The number of carbonyl (C=O) groups is 1. The lowest BCUT2D eigenvalue weighted by atomic mass is 9.98. The first kappa shape index (κ1) is 28.3. The first-order valence-electron chi connectivity index (χ1n) is 11.3. The van der Waals surface area contributed by atoms with Crippen molar-refractivity contribution >= 4 is 15.9 Å². The van der Waals surface area contributed by atoms with Gasteiger partial charge in [0.1, 0.15) is 11.5 Å². The van der Waals surface area contributed by atoms with Crippen molar-refractivity contribution in [2.24, 2.45) is 0 Å². The third-order valence-electron chi connectivity index (χ3n) is 5.71. The molecule has 0 fully saturated rings. The minimum absolute atomic E-state index is 0.0878. The molecule has 0 aliphatic heterocycles. The number of sulfonamides is 1. The number of hydrogen-bond donors (Lipinski definition) is 2. The molecular weight excluding hydrogens is 510 g/mol. The van der Waals surface area contributed by atoms with Gasteiger partial charge in [0.2, 0.25) is 15.9 Å². The monoisotopic (exact) mass is 537 g/mol. The van der Waals surface area contributed by atoms with E-state index in [4.69, 9.17) is 0 Å². The topological polar surface area (TPSA) is 88.2 Å². The van der Waals surface area contributed by atoms with E-state index in [1.54, 1.807) is 19.1 Å². The van der Waals surface area contributed by atoms with Crippen LogP contribution >= 0.6 is 0 Å². The number of alkyl halides is 3. The zero-order valence-electron chi connectivity index (χ0n) is 20.7. The highest BCUT2D eigenvalue weighted by atomic mass is 32.2. The average Bonchev–Trinajstić information content (AvgIpc) is 2.79. The molecule has 0 saturated carbocycles. The van der Waals surface area contributed by atoms with E-state index >= 15 is 0 Å². The molecule has 2 aromatic carbocycles. The van der Waals surface area contributed by atoms with E-state index in [-0.39, 0.29) is 24.3 Å². The van der Waals surface area contributed by atoms with Crippen molar-refractivity contribution in [3.8, 4) is 11.3 Å². The summed E-state index contributed by atoms with van der Waals surface area (Å²) in [7, 11) is -3.50. The fraction of sp³-hybridized carbons (Fsp3) is 0.308. The molecule has 1 amide bonds. The van der Waals surface area contributed by atoms with Gasteiger partial charge in [-0.15, -0.1) is 0 Å². The maximum Gasteiger partial charge on any atom is 0.433 e. The Hall–Kier alpha value is -3.31.